The van der Waals surface area contributed by atoms with Crippen LogP contribution in [-0.2, 0) is 20.9 Å². The van der Waals surface area contributed by atoms with Crippen LogP contribution in [0.2, 0.25) is 0 Å². The quantitative estimate of drug-likeness (QED) is 0.849. The Hall–Kier alpha value is -0.950. The molecule has 0 bridgehead atoms. The summed E-state index contributed by atoms with van der Waals surface area (Å²) in [5, 5.41) is 5.92. The van der Waals surface area contributed by atoms with Crippen molar-refractivity contribution < 1.29 is 14.4 Å². The molecule has 126 valence electrons. The largest absolute Gasteiger partial charge is 0.377 e. The topological polar surface area (TPSA) is 42.0 Å². The fourth-order valence-corrected chi connectivity index (χ4v) is 4.67. The van der Waals surface area contributed by atoms with E-state index < -0.39 is 0 Å². The molecular weight excluding hydrogens is 312 g/mol. The first-order valence-corrected chi connectivity index (χ1v) is 9.56. The summed E-state index contributed by atoms with van der Waals surface area (Å²) >= 11 is 1.73. The first-order chi connectivity index (χ1) is 11.3. The predicted octanol–water partition coefficient (Wildman–Crippen LogP) is 2.28. The van der Waals surface area contributed by atoms with Crippen molar-refractivity contribution in [3.05, 3.63) is 22.4 Å². The molecule has 0 N–H and O–H groups in total. The smallest absolute Gasteiger partial charge is 0.250 e. The maximum Gasteiger partial charge on any atom is 0.250 e. The molecule has 0 saturated carbocycles. The third-order valence-corrected chi connectivity index (χ3v) is 5.91. The summed E-state index contributed by atoms with van der Waals surface area (Å²) in [7, 11) is 0. The fraction of sp³-hybridized carbons (Fsp3) is 0.706. The molecule has 6 heteroatoms. The summed E-state index contributed by atoms with van der Waals surface area (Å²) in [4.78, 5) is 20.8. The molecule has 4 rings (SSSR count). The molecule has 0 aliphatic carbocycles. The van der Waals surface area contributed by atoms with Crippen LogP contribution in [0.3, 0.4) is 0 Å². The summed E-state index contributed by atoms with van der Waals surface area (Å²) in [5.41, 5.74) is 1.34. The number of rotatable bonds is 3. The molecule has 3 saturated heterocycles. The molecular formula is C17H24N2O3S. The van der Waals surface area contributed by atoms with Crippen molar-refractivity contribution in [2.45, 2.75) is 44.4 Å². The Balaban J connectivity index is 1.46. The van der Waals surface area contributed by atoms with Crippen LogP contribution >= 0.6 is 11.3 Å². The molecule has 3 aliphatic rings. The van der Waals surface area contributed by atoms with Gasteiger partial charge in [-0.15, -0.1) is 0 Å². The van der Waals surface area contributed by atoms with Crippen LogP contribution in [0.25, 0.3) is 0 Å². The first-order valence-electron chi connectivity index (χ1n) is 8.62. The number of piperidine rings is 1. The van der Waals surface area contributed by atoms with Gasteiger partial charge in [-0.25, -0.2) is 5.06 Å². The highest BCUT2D eigenvalue weighted by Crippen LogP contribution is 2.33. The molecule has 3 fully saturated rings. The number of nitrogens with zero attached hydrogens (tertiary/aromatic N) is 2. The van der Waals surface area contributed by atoms with Crippen molar-refractivity contribution in [1.29, 1.82) is 0 Å². The minimum atomic E-state index is -0.00825. The third-order valence-electron chi connectivity index (χ3n) is 5.18. The number of carbonyl (C=O) groups is 1. The summed E-state index contributed by atoms with van der Waals surface area (Å²) in [6, 6.07) is 2.63. The standard InChI is InChI=1S/C17H24N2O3S/c20-17(19-5-1-2-6-22-19)14-9-16-15(3-7-21-16)18(11-14)10-13-4-8-23-12-13/h4,8,12,14-16H,1-3,5-7,9-11H2/t14-,15+,16+/m0/s1. The molecule has 0 unspecified atom stereocenters. The Bertz CT molecular complexity index is 530. The van der Waals surface area contributed by atoms with Crippen LogP contribution in [0.4, 0.5) is 0 Å². The van der Waals surface area contributed by atoms with E-state index in [2.05, 4.69) is 21.7 Å². The van der Waals surface area contributed by atoms with E-state index in [-0.39, 0.29) is 17.9 Å². The molecule has 0 aromatic carbocycles. The summed E-state index contributed by atoms with van der Waals surface area (Å²) in [6.45, 7) is 3.95. The molecule has 0 spiro atoms. The van der Waals surface area contributed by atoms with Gasteiger partial charge < -0.3 is 4.74 Å². The van der Waals surface area contributed by atoms with Gasteiger partial charge in [0.2, 0.25) is 0 Å². The van der Waals surface area contributed by atoms with Crippen LogP contribution in [0.1, 0.15) is 31.2 Å². The van der Waals surface area contributed by atoms with Gasteiger partial charge in [-0.1, -0.05) is 0 Å². The zero-order valence-electron chi connectivity index (χ0n) is 13.4. The van der Waals surface area contributed by atoms with Crippen LogP contribution in [0.15, 0.2) is 16.8 Å². The maximum atomic E-state index is 12.8. The maximum absolute atomic E-state index is 12.8. The van der Waals surface area contributed by atoms with Crippen molar-refractivity contribution in [1.82, 2.24) is 9.96 Å². The second kappa shape index (κ2) is 6.89. The van der Waals surface area contributed by atoms with Crippen molar-refractivity contribution >= 4 is 17.2 Å². The average Bonchev–Trinajstić information content (AvgIpc) is 3.26. The Kier molecular flexibility index (Phi) is 4.66. The first kappa shape index (κ1) is 15.6. The second-order valence-corrected chi connectivity index (χ2v) is 7.52. The van der Waals surface area contributed by atoms with Gasteiger partial charge in [0.1, 0.15) is 0 Å². The zero-order valence-corrected chi connectivity index (χ0v) is 14.2. The predicted molar refractivity (Wildman–Crippen MR) is 87.9 cm³/mol. The number of hydrogen-bond donors (Lipinski definition) is 0. The Morgan fingerprint density at radius 1 is 1.35 bits per heavy atom. The minimum Gasteiger partial charge on any atom is -0.377 e. The van der Waals surface area contributed by atoms with Crippen LogP contribution in [0, 0.1) is 5.92 Å². The van der Waals surface area contributed by atoms with Gasteiger partial charge in [0.25, 0.3) is 5.91 Å². The Morgan fingerprint density at radius 2 is 2.30 bits per heavy atom. The molecule has 4 heterocycles. The highest BCUT2D eigenvalue weighted by atomic mass is 32.1. The summed E-state index contributed by atoms with van der Waals surface area (Å²) in [6.07, 6.45) is 4.20. The van der Waals surface area contributed by atoms with Crippen LogP contribution in [-0.4, -0.2) is 54.3 Å². The van der Waals surface area contributed by atoms with E-state index in [1.165, 1.54) is 5.56 Å². The number of thiophene rings is 1. The lowest BCUT2D eigenvalue weighted by molar-refractivity contribution is -0.204. The lowest BCUT2D eigenvalue weighted by Gasteiger charge is -2.41. The van der Waals surface area contributed by atoms with E-state index in [0.29, 0.717) is 12.6 Å². The molecule has 0 radical (unpaired) electrons. The minimum absolute atomic E-state index is 0.00825. The van der Waals surface area contributed by atoms with Crippen LogP contribution in [0.5, 0.6) is 0 Å². The van der Waals surface area contributed by atoms with Gasteiger partial charge >= 0.3 is 0 Å². The summed E-state index contributed by atoms with van der Waals surface area (Å²) < 4.78 is 5.92. The molecule has 3 atom stereocenters. The monoisotopic (exact) mass is 336 g/mol. The van der Waals surface area contributed by atoms with E-state index in [0.717, 1.165) is 51.9 Å². The molecule has 1 aromatic rings. The van der Waals surface area contributed by atoms with E-state index in [1.54, 1.807) is 16.4 Å². The number of likely N-dealkylation sites (tertiary alicyclic amines) is 1. The Morgan fingerprint density at radius 3 is 3.09 bits per heavy atom. The number of carbonyl (C=O) groups excluding carboxylic acids is 1. The SMILES string of the molecule is O=C([C@H]1C[C@H]2OCC[C@H]2N(Cc2ccsc2)C1)N1CCCCO1. The number of fused-ring (bicyclic) bond motifs is 1. The third kappa shape index (κ3) is 3.31. The number of hydroxylamine groups is 2. The number of ether oxygens (including phenoxy) is 1. The van der Waals surface area contributed by atoms with Gasteiger partial charge in [-0.05, 0) is 48.1 Å². The Labute approximate surface area is 141 Å². The van der Waals surface area contributed by atoms with Gasteiger partial charge in [-0.2, -0.15) is 11.3 Å². The number of amides is 1. The van der Waals surface area contributed by atoms with E-state index in [4.69, 9.17) is 9.57 Å². The van der Waals surface area contributed by atoms with E-state index >= 15 is 0 Å². The van der Waals surface area contributed by atoms with Crippen molar-refractivity contribution in [3.63, 3.8) is 0 Å². The normalized spacial score (nSPS) is 32.0. The van der Waals surface area contributed by atoms with Crippen molar-refractivity contribution in [2.75, 3.05) is 26.3 Å². The van der Waals surface area contributed by atoms with Crippen LogP contribution < -0.4 is 0 Å². The van der Waals surface area contributed by atoms with Gasteiger partial charge in [0, 0.05) is 32.3 Å². The van der Waals surface area contributed by atoms with Crippen molar-refractivity contribution in [3.8, 4) is 0 Å². The molecule has 3 aliphatic heterocycles. The van der Waals surface area contributed by atoms with Gasteiger partial charge in [0.15, 0.2) is 0 Å². The summed E-state index contributed by atoms with van der Waals surface area (Å²) in [5.74, 6) is 0.139. The van der Waals surface area contributed by atoms with Gasteiger partial charge in [-0.3, -0.25) is 14.5 Å². The number of hydrogen-bond acceptors (Lipinski definition) is 5. The molecule has 5 nitrogen and oxygen atoms in total. The van der Waals surface area contributed by atoms with Crippen molar-refractivity contribution in [2.24, 2.45) is 5.92 Å². The van der Waals surface area contributed by atoms with E-state index in [1.807, 2.05) is 0 Å². The lowest BCUT2D eigenvalue weighted by Crippen LogP contribution is -2.53. The van der Waals surface area contributed by atoms with Gasteiger partial charge in [0.05, 0.1) is 18.6 Å². The second-order valence-electron chi connectivity index (χ2n) is 6.74. The molecule has 1 aromatic heterocycles. The fourth-order valence-electron chi connectivity index (χ4n) is 4.01. The average molecular weight is 336 g/mol. The molecule has 23 heavy (non-hydrogen) atoms. The highest BCUT2D eigenvalue weighted by molar-refractivity contribution is 7.07. The zero-order chi connectivity index (χ0) is 15.6. The molecule has 1 amide bonds. The lowest BCUT2D eigenvalue weighted by atomic mass is 9.89. The van der Waals surface area contributed by atoms with E-state index in [9.17, 15) is 4.79 Å². The highest BCUT2D eigenvalue weighted by Gasteiger charge is 2.43.